The molecular weight excluding hydrogens is 306 g/mol. The van der Waals surface area contributed by atoms with Gasteiger partial charge in [-0.15, -0.1) is 22.7 Å². The van der Waals surface area contributed by atoms with Crippen LogP contribution in [0, 0.1) is 13.8 Å². The highest BCUT2D eigenvalue weighted by atomic mass is 32.1. The second kappa shape index (κ2) is 7.63. The number of aromatic nitrogens is 2. The van der Waals surface area contributed by atoms with Gasteiger partial charge in [-0.05, 0) is 26.7 Å². The van der Waals surface area contributed by atoms with Gasteiger partial charge in [0, 0.05) is 19.0 Å². The van der Waals surface area contributed by atoms with Crippen LogP contribution in [-0.4, -0.2) is 36.0 Å². The first-order valence-corrected chi connectivity index (χ1v) is 8.48. The van der Waals surface area contributed by atoms with Crippen LogP contribution in [0.1, 0.15) is 23.5 Å². The fourth-order valence-corrected chi connectivity index (χ4v) is 3.59. The smallest absolute Gasteiger partial charge is 0.182 e. The second-order valence-electron chi connectivity index (χ2n) is 4.62. The Hall–Kier alpha value is -1.31. The molecule has 0 aromatic carbocycles. The Morgan fingerprint density at radius 2 is 2.24 bits per heavy atom. The normalized spacial score (nSPS) is 17.2. The van der Waals surface area contributed by atoms with Crippen LogP contribution < -0.4 is 5.32 Å². The number of carbonyl (C=O) groups is 1. The molecule has 0 saturated carbocycles. The van der Waals surface area contributed by atoms with Crippen molar-refractivity contribution in [3.05, 3.63) is 16.1 Å². The number of rotatable bonds is 3. The molecule has 2 aromatic heterocycles. The van der Waals surface area contributed by atoms with E-state index >= 15 is 0 Å². The van der Waals surface area contributed by atoms with E-state index in [9.17, 15) is 4.79 Å². The van der Waals surface area contributed by atoms with E-state index in [4.69, 9.17) is 4.74 Å². The van der Waals surface area contributed by atoms with E-state index in [0.717, 1.165) is 47.3 Å². The van der Waals surface area contributed by atoms with Gasteiger partial charge < -0.3 is 14.8 Å². The molecule has 2 aromatic rings. The van der Waals surface area contributed by atoms with Crippen LogP contribution in [0.5, 0.6) is 0 Å². The molecule has 1 aliphatic rings. The molecule has 3 rings (SSSR count). The molecule has 114 valence electrons. The Morgan fingerprint density at radius 1 is 1.43 bits per heavy atom. The third kappa shape index (κ3) is 4.33. The van der Waals surface area contributed by atoms with Gasteiger partial charge in [0.2, 0.25) is 0 Å². The zero-order valence-corrected chi connectivity index (χ0v) is 14.0. The van der Waals surface area contributed by atoms with Crippen LogP contribution in [-0.2, 0) is 9.53 Å². The Balaban J connectivity index is 0.000000194. The molecule has 1 N–H and O–H groups in total. The van der Waals surface area contributed by atoms with Gasteiger partial charge >= 0.3 is 0 Å². The van der Waals surface area contributed by atoms with Crippen LogP contribution in [0.3, 0.4) is 0 Å². The molecule has 5 nitrogen and oxygen atoms in total. The summed E-state index contributed by atoms with van der Waals surface area (Å²) in [6.45, 7) is 4.81. The third-order valence-corrected chi connectivity index (χ3v) is 4.93. The number of nitrogens with zero attached hydrogens (tertiary/aromatic N) is 2. The second-order valence-corrected chi connectivity index (χ2v) is 6.68. The van der Waals surface area contributed by atoms with E-state index in [1.807, 2.05) is 20.9 Å². The summed E-state index contributed by atoms with van der Waals surface area (Å²) in [5.41, 5.74) is 2.10. The zero-order chi connectivity index (χ0) is 15.2. The topological polar surface area (TPSA) is 64.1 Å². The van der Waals surface area contributed by atoms with E-state index in [1.54, 1.807) is 22.7 Å². The van der Waals surface area contributed by atoms with Crippen molar-refractivity contribution in [2.45, 2.75) is 32.8 Å². The maximum atomic E-state index is 9.88. The van der Waals surface area contributed by atoms with Gasteiger partial charge in [0.15, 0.2) is 5.13 Å². The fourth-order valence-electron chi connectivity index (χ4n) is 1.97. The average molecular weight is 325 g/mol. The van der Waals surface area contributed by atoms with Crippen LogP contribution >= 0.6 is 22.7 Å². The molecule has 1 fully saturated rings. The number of hydrogen-bond acceptors (Lipinski definition) is 7. The molecule has 0 radical (unpaired) electrons. The van der Waals surface area contributed by atoms with E-state index in [1.165, 1.54) is 4.88 Å². The van der Waals surface area contributed by atoms with Crippen molar-refractivity contribution in [2.75, 3.05) is 19.0 Å². The third-order valence-electron chi connectivity index (χ3n) is 2.97. The molecular formula is C14H19N3O2S2. The number of carbonyl (C=O) groups excluding carboxylic acids is 1. The van der Waals surface area contributed by atoms with Gasteiger partial charge in [0.1, 0.15) is 12.4 Å². The molecule has 1 unspecified atom stereocenters. The molecule has 0 amide bonds. The number of nitrogens with one attached hydrogen (secondary N) is 1. The molecule has 1 saturated heterocycles. The maximum Gasteiger partial charge on any atom is 0.182 e. The summed E-state index contributed by atoms with van der Waals surface area (Å²) >= 11 is 3.32. The minimum Gasteiger partial charge on any atom is -0.371 e. The summed E-state index contributed by atoms with van der Waals surface area (Å²) in [7, 11) is 1.88. The quantitative estimate of drug-likeness (QED) is 0.877. The highest BCUT2D eigenvalue weighted by Gasteiger charge is 2.12. The first-order chi connectivity index (χ1) is 10.1. The molecule has 1 aliphatic heterocycles. The Morgan fingerprint density at radius 3 is 2.67 bits per heavy atom. The number of hydrogen-bond donors (Lipinski definition) is 1. The van der Waals surface area contributed by atoms with Gasteiger partial charge in [-0.3, -0.25) is 0 Å². The molecule has 0 aliphatic carbocycles. The van der Waals surface area contributed by atoms with Crippen LogP contribution in [0.2, 0.25) is 0 Å². The lowest BCUT2D eigenvalue weighted by molar-refractivity contribution is -0.115. The highest BCUT2D eigenvalue weighted by Crippen LogP contribution is 2.31. The molecule has 7 heteroatoms. The fraction of sp³-hybridized carbons (Fsp3) is 0.500. The van der Waals surface area contributed by atoms with Gasteiger partial charge in [-0.25, -0.2) is 9.97 Å². The lowest BCUT2D eigenvalue weighted by Crippen LogP contribution is -2.04. The number of aryl methyl sites for hydroxylation is 2. The Bertz CT molecular complexity index is 589. The van der Waals surface area contributed by atoms with Gasteiger partial charge in [-0.2, -0.15) is 0 Å². The molecule has 3 heterocycles. The van der Waals surface area contributed by atoms with Gasteiger partial charge in [0.05, 0.1) is 21.3 Å². The molecule has 21 heavy (non-hydrogen) atoms. The lowest BCUT2D eigenvalue weighted by Gasteiger charge is -1.93. The summed E-state index contributed by atoms with van der Waals surface area (Å²) in [5, 5.41) is 7.14. The van der Waals surface area contributed by atoms with Crippen molar-refractivity contribution < 1.29 is 9.53 Å². The summed E-state index contributed by atoms with van der Waals surface area (Å²) in [6, 6.07) is 0. The van der Waals surface area contributed by atoms with Crippen molar-refractivity contribution in [1.82, 2.24) is 9.97 Å². The van der Waals surface area contributed by atoms with Crippen molar-refractivity contribution in [3.63, 3.8) is 0 Å². The number of aldehydes is 1. The van der Waals surface area contributed by atoms with Gasteiger partial charge in [-0.1, -0.05) is 0 Å². The summed E-state index contributed by atoms with van der Waals surface area (Å²) in [5.74, 6) is 0. The largest absolute Gasteiger partial charge is 0.371 e. The number of anilines is 1. The average Bonchev–Trinajstić information content (AvgIpc) is 3.19. The predicted octanol–water partition coefficient (Wildman–Crippen LogP) is 3.29. The maximum absolute atomic E-state index is 9.88. The lowest BCUT2D eigenvalue weighted by atomic mass is 10.3. The van der Waals surface area contributed by atoms with Gasteiger partial charge in [0.25, 0.3) is 0 Å². The van der Waals surface area contributed by atoms with Crippen LogP contribution in [0.4, 0.5) is 5.13 Å². The SMILES string of the molecule is CNc1nc(-c2sc(C)nc2C)cs1.O=CC1CCCO1. The first-order valence-electron chi connectivity index (χ1n) is 6.78. The highest BCUT2D eigenvalue weighted by molar-refractivity contribution is 7.16. The summed E-state index contributed by atoms with van der Waals surface area (Å²) in [4.78, 5) is 19.9. The minimum atomic E-state index is -0.0833. The van der Waals surface area contributed by atoms with E-state index in [-0.39, 0.29) is 6.10 Å². The summed E-state index contributed by atoms with van der Waals surface area (Å²) in [6.07, 6.45) is 2.75. The van der Waals surface area contributed by atoms with E-state index in [2.05, 4.69) is 20.7 Å². The number of ether oxygens (including phenoxy) is 1. The van der Waals surface area contributed by atoms with Crippen molar-refractivity contribution in [2.24, 2.45) is 0 Å². The van der Waals surface area contributed by atoms with E-state index < -0.39 is 0 Å². The molecule has 0 bridgehead atoms. The van der Waals surface area contributed by atoms with Crippen molar-refractivity contribution in [1.29, 1.82) is 0 Å². The first kappa shape index (κ1) is 16.1. The standard InChI is InChI=1S/C9H11N3S2.C5H8O2/c1-5-8(14-6(2)11-5)7-4-13-9(10-3)12-7;6-4-5-2-1-3-7-5/h4H,1-3H3,(H,10,12);4-5H,1-3H2. The zero-order valence-electron chi connectivity index (χ0n) is 12.4. The number of thiazole rings is 2. The van der Waals surface area contributed by atoms with Crippen LogP contribution in [0.15, 0.2) is 5.38 Å². The summed E-state index contributed by atoms with van der Waals surface area (Å²) < 4.78 is 4.93. The van der Waals surface area contributed by atoms with Crippen molar-refractivity contribution >= 4 is 34.1 Å². The molecule has 0 spiro atoms. The van der Waals surface area contributed by atoms with Crippen LogP contribution in [0.25, 0.3) is 10.6 Å². The minimum absolute atomic E-state index is 0.0833. The Labute approximate surface area is 132 Å². The monoisotopic (exact) mass is 325 g/mol. The van der Waals surface area contributed by atoms with E-state index in [0.29, 0.717) is 0 Å². The molecule has 1 atom stereocenters. The van der Waals surface area contributed by atoms with Crippen molar-refractivity contribution in [3.8, 4) is 10.6 Å². The Kier molecular flexibility index (Phi) is 5.84. The predicted molar refractivity (Wildman–Crippen MR) is 87.3 cm³/mol.